The van der Waals surface area contributed by atoms with Gasteiger partial charge in [0.15, 0.2) is 5.16 Å². The molecule has 1 unspecified atom stereocenters. The molecule has 0 spiro atoms. The van der Waals surface area contributed by atoms with E-state index in [1.165, 1.54) is 11.8 Å². The highest BCUT2D eigenvalue weighted by Crippen LogP contribution is 2.31. The third kappa shape index (κ3) is 3.43. The van der Waals surface area contributed by atoms with Gasteiger partial charge < -0.3 is 5.32 Å². The molecule has 0 saturated heterocycles. The summed E-state index contributed by atoms with van der Waals surface area (Å²) in [5.74, 6) is -0.0464. The van der Waals surface area contributed by atoms with Crippen molar-refractivity contribution in [3.05, 3.63) is 77.9 Å². The van der Waals surface area contributed by atoms with Crippen LogP contribution in [0.4, 0.5) is 5.69 Å². The number of anilines is 1. The SMILES string of the molecule is Cc1cccc(C)c1NC(=O)C(C)Sc1nc2ccccc2c2nc3ccccc3n12. The molecule has 154 valence electrons. The van der Waals surface area contributed by atoms with Crippen LogP contribution in [0.2, 0.25) is 0 Å². The number of para-hydroxylation sites is 4. The Bertz CT molecular complexity index is 1440. The molecule has 1 atom stereocenters. The van der Waals surface area contributed by atoms with Crippen molar-refractivity contribution in [2.45, 2.75) is 31.2 Å². The fourth-order valence-electron chi connectivity index (χ4n) is 3.84. The van der Waals surface area contributed by atoms with Crippen LogP contribution in [0.15, 0.2) is 71.9 Å². The third-order valence-corrected chi connectivity index (χ3v) is 6.55. The van der Waals surface area contributed by atoms with Crippen molar-refractivity contribution >= 4 is 50.9 Å². The summed E-state index contributed by atoms with van der Waals surface area (Å²) in [4.78, 5) is 22.8. The van der Waals surface area contributed by atoms with Crippen molar-refractivity contribution in [2.24, 2.45) is 0 Å². The molecule has 5 rings (SSSR count). The van der Waals surface area contributed by atoms with Gasteiger partial charge in [-0.25, -0.2) is 9.97 Å². The first-order chi connectivity index (χ1) is 15.0. The van der Waals surface area contributed by atoms with Gasteiger partial charge in [-0.3, -0.25) is 9.20 Å². The number of aryl methyl sites for hydroxylation is 2. The molecule has 0 aliphatic rings. The second kappa shape index (κ2) is 7.71. The number of thioether (sulfide) groups is 1. The molecule has 0 fully saturated rings. The zero-order valence-electron chi connectivity index (χ0n) is 17.6. The first-order valence-electron chi connectivity index (χ1n) is 10.2. The Morgan fingerprint density at radius 2 is 1.58 bits per heavy atom. The Labute approximate surface area is 184 Å². The summed E-state index contributed by atoms with van der Waals surface area (Å²) in [5.41, 5.74) is 6.61. The predicted octanol–water partition coefficient (Wildman–Crippen LogP) is 5.77. The van der Waals surface area contributed by atoms with E-state index < -0.39 is 0 Å². The second-order valence-corrected chi connectivity index (χ2v) is 9.00. The first kappa shape index (κ1) is 19.6. The number of nitrogens with zero attached hydrogens (tertiary/aromatic N) is 3. The summed E-state index contributed by atoms with van der Waals surface area (Å²) < 4.78 is 2.06. The predicted molar refractivity (Wildman–Crippen MR) is 128 cm³/mol. The molecule has 31 heavy (non-hydrogen) atoms. The molecular weight excluding hydrogens is 404 g/mol. The standard InChI is InChI=1S/C25H22N4OS/c1-15-9-8-10-16(2)22(15)28-24(30)17(3)31-25-27-19-12-5-4-11-18(19)23-26-20-13-6-7-14-21(20)29(23)25/h4-14,17H,1-3H3,(H,28,30). The lowest BCUT2D eigenvalue weighted by Gasteiger charge is -2.16. The molecule has 0 bridgehead atoms. The van der Waals surface area contributed by atoms with Crippen LogP contribution >= 0.6 is 11.8 Å². The average Bonchev–Trinajstić information content (AvgIpc) is 3.16. The van der Waals surface area contributed by atoms with Gasteiger partial charge in [0.2, 0.25) is 5.91 Å². The van der Waals surface area contributed by atoms with Gasteiger partial charge in [-0.1, -0.05) is 54.2 Å². The molecule has 5 nitrogen and oxygen atoms in total. The molecule has 0 saturated carbocycles. The lowest BCUT2D eigenvalue weighted by Crippen LogP contribution is -2.23. The Hall–Kier alpha value is -3.38. The Balaban J connectivity index is 1.57. The Morgan fingerprint density at radius 3 is 2.35 bits per heavy atom. The van der Waals surface area contributed by atoms with Crippen LogP contribution < -0.4 is 5.32 Å². The van der Waals surface area contributed by atoms with Crippen molar-refractivity contribution in [2.75, 3.05) is 5.32 Å². The zero-order chi connectivity index (χ0) is 21.5. The van der Waals surface area contributed by atoms with Crippen molar-refractivity contribution < 1.29 is 4.79 Å². The average molecular weight is 427 g/mol. The fraction of sp³-hybridized carbons (Fsp3) is 0.160. The van der Waals surface area contributed by atoms with Crippen LogP contribution in [0.5, 0.6) is 0 Å². The summed E-state index contributed by atoms with van der Waals surface area (Å²) in [6.45, 7) is 5.92. The van der Waals surface area contributed by atoms with E-state index in [4.69, 9.17) is 9.97 Å². The molecule has 2 heterocycles. The van der Waals surface area contributed by atoms with E-state index in [2.05, 4.69) is 9.72 Å². The second-order valence-electron chi connectivity index (χ2n) is 7.69. The van der Waals surface area contributed by atoms with E-state index in [9.17, 15) is 4.79 Å². The largest absolute Gasteiger partial charge is 0.325 e. The number of aromatic nitrogens is 3. The quantitative estimate of drug-likeness (QED) is 0.293. The number of hydrogen-bond donors (Lipinski definition) is 1. The van der Waals surface area contributed by atoms with E-state index in [1.54, 1.807) is 0 Å². The summed E-state index contributed by atoms with van der Waals surface area (Å²) in [6.07, 6.45) is 0. The van der Waals surface area contributed by atoms with Crippen molar-refractivity contribution in [3.63, 3.8) is 0 Å². The van der Waals surface area contributed by atoms with Gasteiger partial charge in [-0.2, -0.15) is 0 Å². The lowest BCUT2D eigenvalue weighted by atomic mass is 10.1. The van der Waals surface area contributed by atoms with Gasteiger partial charge in [0.25, 0.3) is 0 Å². The van der Waals surface area contributed by atoms with Gasteiger partial charge in [0.05, 0.1) is 21.8 Å². The number of hydrogen-bond acceptors (Lipinski definition) is 4. The smallest absolute Gasteiger partial charge is 0.237 e. The zero-order valence-corrected chi connectivity index (χ0v) is 18.4. The van der Waals surface area contributed by atoms with E-state index in [-0.39, 0.29) is 11.2 Å². The van der Waals surface area contributed by atoms with E-state index >= 15 is 0 Å². The topological polar surface area (TPSA) is 59.3 Å². The minimum Gasteiger partial charge on any atom is -0.325 e. The molecule has 6 heteroatoms. The molecule has 0 radical (unpaired) electrons. The van der Waals surface area contributed by atoms with Crippen LogP contribution in [0, 0.1) is 13.8 Å². The number of rotatable bonds is 4. The molecule has 1 amide bonds. The number of nitrogens with one attached hydrogen (secondary N) is 1. The Kier molecular flexibility index (Phi) is 4.87. The molecule has 1 N–H and O–H groups in total. The van der Waals surface area contributed by atoms with E-state index in [1.807, 2.05) is 87.5 Å². The number of fused-ring (bicyclic) bond motifs is 5. The van der Waals surface area contributed by atoms with Crippen LogP contribution in [0.25, 0.3) is 27.6 Å². The molecule has 2 aromatic heterocycles. The van der Waals surface area contributed by atoms with Crippen LogP contribution in [0.1, 0.15) is 18.1 Å². The molecule has 0 aliphatic heterocycles. The highest BCUT2D eigenvalue weighted by molar-refractivity contribution is 8.00. The highest BCUT2D eigenvalue weighted by Gasteiger charge is 2.21. The fourth-order valence-corrected chi connectivity index (χ4v) is 4.76. The number of carbonyl (C=O) groups excluding carboxylic acids is 1. The normalized spacial score (nSPS) is 12.5. The van der Waals surface area contributed by atoms with Gasteiger partial charge in [-0.15, -0.1) is 0 Å². The molecule has 5 aromatic rings. The number of amides is 1. The van der Waals surface area contributed by atoms with E-state index in [0.717, 1.165) is 49.6 Å². The highest BCUT2D eigenvalue weighted by atomic mass is 32.2. The maximum atomic E-state index is 13.0. The van der Waals surface area contributed by atoms with Crippen molar-refractivity contribution in [1.29, 1.82) is 0 Å². The number of carbonyl (C=O) groups is 1. The maximum Gasteiger partial charge on any atom is 0.237 e. The summed E-state index contributed by atoms with van der Waals surface area (Å²) >= 11 is 1.45. The minimum absolute atomic E-state index is 0.0464. The van der Waals surface area contributed by atoms with Gasteiger partial charge in [-0.05, 0) is 56.2 Å². The molecule has 3 aromatic carbocycles. The lowest BCUT2D eigenvalue weighted by molar-refractivity contribution is -0.115. The Morgan fingerprint density at radius 1 is 0.903 bits per heavy atom. The third-order valence-electron chi connectivity index (χ3n) is 5.49. The van der Waals surface area contributed by atoms with Crippen LogP contribution in [-0.4, -0.2) is 25.5 Å². The van der Waals surface area contributed by atoms with Gasteiger partial charge >= 0.3 is 0 Å². The van der Waals surface area contributed by atoms with Crippen molar-refractivity contribution in [3.8, 4) is 0 Å². The monoisotopic (exact) mass is 426 g/mol. The van der Waals surface area contributed by atoms with Gasteiger partial charge in [0.1, 0.15) is 5.65 Å². The summed E-state index contributed by atoms with van der Waals surface area (Å²) in [6, 6.07) is 22.0. The van der Waals surface area contributed by atoms with Crippen molar-refractivity contribution in [1.82, 2.24) is 14.4 Å². The maximum absolute atomic E-state index is 13.0. The summed E-state index contributed by atoms with van der Waals surface area (Å²) in [7, 11) is 0. The van der Waals surface area contributed by atoms with Gasteiger partial charge in [0, 0.05) is 11.1 Å². The van der Waals surface area contributed by atoms with Crippen LogP contribution in [-0.2, 0) is 4.79 Å². The minimum atomic E-state index is -0.336. The number of benzene rings is 3. The van der Waals surface area contributed by atoms with Crippen LogP contribution in [0.3, 0.4) is 0 Å². The van der Waals surface area contributed by atoms with E-state index in [0.29, 0.717) is 0 Å². The number of imidazole rings is 1. The summed E-state index contributed by atoms with van der Waals surface area (Å²) in [5, 5.41) is 4.52. The first-order valence-corrected chi connectivity index (χ1v) is 11.1. The molecule has 0 aliphatic carbocycles. The molecular formula is C25H22N4OS.